The SMILES string of the molecule is COC(=O)c1ccc(Oc2nc(C3CCOCC3)c(-c3ccc(F)c(F)c3)c3cc4cn[nH]c4cc23)c(F)c1O. The third-order valence-corrected chi connectivity index (χ3v) is 7.07. The minimum atomic E-state index is -1.17. The van der Waals surface area contributed by atoms with Crippen molar-refractivity contribution in [2.45, 2.75) is 18.8 Å². The van der Waals surface area contributed by atoms with Gasteiger partial charge < -0.3 is 19.3 Å². The van der Waals surface area contributed by atoms with Crippen LogP contribution < -0.4 is 4.74 Å². The van der Waals surface area contributed by atoms with Crippen LogP contribution in [0.25, 0.3) is 32.8 Å². The van der Waals surface area contributed by atoms with Gasteiger partial charge >= 0.3 is 5.97 Å². The van der Waals surface area contributed by atoms with Gasteiger partial charge in [-0.05, 0) is 60.2 Å². The molecule has 0 bridgehead atoms. The van der Waals surface area contributed by atoms with Crippen LogP contribution in [0.5, 0.6) is 17.4 Å². The number of hydrogen-bond donors (Lipinski definition) is 2. The van der Waals surface area contributed by atoms with Crippen LogP contribution in [0, 0.1) is 17.5 Å². The smallest absolute Gasteiger partial charge is 0.341 e. The van der Waals surface area contributed by atoms with Crippen molar-refractivity contribution in [1.82, 2.24) is 15.2 Å². The lowest BCUT2D eigenvalue weighted by atomic mass is 9.87. The van der Waals surface area contributed by atoms with E-state index in [2.05, 4.69) is 14.9 Å². The van der Waals surface area contributed by atoms with Crippen molar-refractivity contribution in [2.24, 2.45) is 0 Å². The molecule has 2 aromatic heterocycles. The highest BCUT2D eigenvalue weighted by molar-refractivity contribution is 6.06. The number of hydrogen-bond acceptors (Lipinski definition) is 7. The van der Waals surface area contributed by atoms with Crippen LogP contribution in [-0.2, 0) is 9.47 Å². The highest BCUT2D eigenvalue weighted by Gasteiger charge is 2.27. The van der Waals surface area contributed by atoms with Crippen molar-refractivity contribution in [2.75, 3.05) is 20.3 Å². The van der Waals surface area contributed by atoms with Gasteiger partial charge in [-0.15, -0.1) is 0 Å². The summed E-state index contributed by atoms with van der Waals surface area (Å²) in [5.74, 6) is -5.46. The fourth-order valence-corrected chi connectivity index (χ4v) is 5.04. The van der Waals surface area contributed by atoms with Crippen LogP contribution in [0.3, 0.4) is 0 Å². The first-order valence-corrected chi connectivity index (χ1v) is 12.5. The summed E-state index contributed by atoms with van der Waals surface area (Å²) in [7, 11) is 1.11. The van der Waals surface area contributed by atoms with Crippen molar-refractivity contribution in [3.8, 4) is 28.5 Å². The largest absolute Gasteiger partial charge is 0.504 e. The molecule has 0 unspecified atom stereocenters. The number of pyridine rings is 1. The van der Waals surface area contributed by atoms with Crippen LogP contribution in [0.2, 0.25) is 0 Å². The fourth-order valence-electron chi connectivity index (χ4n) is 5.04. The van der Waals surface area contributed by atoms with E-state index in [4.69, 9.17) is 14.5 Å². The Balaban J connectivity index is 1.61. The van der Waals surface area contributed by atoms with E-state index in [0.717, 1.165) is 24.6 Å². The van der Waals surface area contributed by atoms with Crippen LogP contribution >= 0.6 is 0 Å². The van der Waals surface area contributed by atoms with E-state index in [-0.39, 0.29) is 23.1 Å². The van der Waals surface area contributed by atoms with Crippen molar-refractivity contribution in [3.05, 3.63) is 77.4 Å². The number of nitrogens with zero attached hydrogens (tertiary/aromatic N) is 2. The van der Waals surface area contributed by atoms with Crippen LogP contribution in [0.15, 0.2) is 48.7 Å². The molecular weight excluding hydrogens is 527 g/mol. The molecule has 1 aliphatic heterocycles. The Kier molecular flexibility index (Phi) is 6.51. The number of H-pyrrole nitrogens is 1. The zero-order valence-electron chi connectivity index (χ0n) is 21.1. The van der Waals surface area contributed by atoms with E-state index in [9.17, 15) is 18.7 Å². The molecule has 1 aliphatic rings. The second-order valence-corrected chi connectivity index (χ2v) is 9.42. The van der Waals surface area contributed by atoms with Gasteiger partial charge in [0.25, 0.3) is 0 Å². The summed E-state index contributed by atoms with van der Waals surface area (Å²) in [5.41, 5.74) is 1.83. The predicted molar refractivity (Wildman–Crippen MR) is 139 cm³/mol. The molecule has 2 N–H and O–H groups in total. The van der Waals surface area contributed by atoms with Gasteiger partial charge in [-0.3, -0.25) is 5.10 Å². The maximum Gasteiger partial charge on any atom is 0.341 e. The minimum absolute atomic E-state index is 0.0171. The number of phenolic OH excluding ortho intramolecular Hbond substituents is 1. The van der Waals surface area contributed by atoms with E-state index >= 15 is 4.39 Å². The van der Waals surface area contributed by atoms with Gasteiger partial charge in [-0.1, -0.05) is 6.07 Å². The summed E-state index contributed by atoms with van der Waals surface area (Å²) >= 11 is 0. The van der Waals surface area contributed by atoms with Crippen LogP contribution in [-0.4, -0.2) is 46.6 Å². The summed E-state index contributed by atoms with van der Waals surface area (Å²) in [6.45, 7) is 0.964. The van der Waals surface area contributed by atoms with Gasteiger partial charge in [0.15, 0.2) is 23.1 Å². The second kappa shape index (κ2) is 10.2. The lowest BCUT2D eigenvalue weighted by molar-refractivity contribution is 0.0596. The first-order valence-electron chi connectivity index (χ1n) is 12.5. The molecule has 0 spiro atoms. The summed E-state index contributed by atoms with van der Waals surface area (Å²) in [6, 6.07) is 9.60. The van der Waals surface area contributed by atoms with E-state index in [1.165, 1.54) is 18.2 Å². The third kappa shape index (κ3) is 4.37. The number of fused-ring (bicyclic) bond motifs is 2. The molecule has 3 heterocycles. The normalized spacial score (nSPS) is 14.1. The van der Waals surface area contributed by atoms with Gasteiger partial charge in [0.1, 0.15) is 5.56 Å². The summed E-state index contributed by atoms with van der Waals surface area (Å²) < 4.78 is 59.7. The van der Waals surface area contributed by atoms with E-state index in [1.807, 2.05) is 6.07 Å². The molecule has 204 valence electrons. The molecule has 0 saturated carbocycles. The zero-order chi connectivity index (χ0) is 28.0. The molecule has 3 aromatic carbocycles. The number of aromatic nitrogens is 3. The topological polar surface area (TPSA) is 107 Å². The van der Waals surface area contributed by atoms with Crippen molar-refractivity contribution >= 4 is 27.6 Å². The number of methoxy groups -OCH3 is 1. The van der Waals surface area contributed by atoms with E-state index in [1.54, 1.807) is 12.3 Å². The third-order valence-electron chi connectivity index (χ3n) is 7.07. The average molecular weight is 550 g/mol. The van der Waals surface area contributed by atoms with Gasteiger partial charge in [-0.2, -0.15) is 9.49 Å². The first kappa shape index (κ1) is 25.6. The molecule has 0 radical (unpaired) electrons. The molecule has 1 saturated heterocycles. The number of carbonyl (C=O) groups is 1. The maximum atomic E-state index is 15.2. The molecular formula is C29H22F3N3O5. The fraction of sp³-hybridized carbons (Fsp3) is 0.207. The van der Waals surface area contributed by atoms with E-state index in [0.29, 0.717) is 59.2 Å². The Labute approximate surface area is 225 Å². The van der Waals surface area contributed by atoms with Crippen LogP contribution in [0.1, 0.15) is 34.8 Å². The number of ether oxygens (including phenoxy) is 3. The minimum Gasteiger partial charge on any atom is -0.504 e. The Hall–Kier alpha value is -4.64. The number of benzene rings is 3. The highest BCUT2D eigenvalue weighted by Crippen LogP contribution is 2.44. The molecule has 11 heteroatoms. The average Bonchev–Trinajstić information content (AvgIpc) is 3.43. The van der Waals surface area contributed by atoms with Gasteiger partial charge in [0.05, 0.1) is 24.5 Å². The van der Waals surface area contributed by atoms with Crippen molar-refractivity contribution < 1.29 is 37.3 Å². The number of rotatable bonds is 5. The summed E-state index contributed by atoms with van der Waals surface area (Å²) in [4.78, 5) is 16.7. The van der Waals surface area contributed by atoms with Gasteiger partial charge in [0.2, 0.25) is 11.7 Å². The molecule has 6 rings (SSSR count). The number of aromatic hydroxyl groups is 1. The Morgan fingerprint density at radius 1 is 1.05 bits per heavy atom. The Morgan fingerprint density at radius 3 is 2.60 bits per heavy atom. The molecule has 1 fully saturated rings. The lowest BCUT2D eigenvalue weighted by Gasteiger charge is -2.26. The number of phenols is 1. The molecule has 0 aliphatic carbocycles. The maximum absolute atomic E-state index is 15.2. The molecule has 40 heavy (non-hydrogen) atoms. The number of nitrogens with one attached hydrogen (secondary N) is 1. The van der Waals surface area contributed by atoms with Gasteiger partial charge in [-0.25, -0.2) is 18.6 Å². The number of halogens is 3. The number of carbonyl (C=O) groups excluding carboxylic acids is 1. The Morgan fingerprint density at radius 2 is 1.85 bits per heavy atom. The second-order valence-electron chi connectivity index (χ2n) is 9.42. The standard InChI is InChI=1S/C29H22F3N3O5/c1-38-29(37)17-3-5-23(25(32)27(17)36)40-28-19-12-22-16(13-33-35-22)10-18(19)24(15-2-4-20(30)21(31)11-15)26(34-28)14-6-8-39-9-7-14/h2-5,10-14,36H,6-9H2,1H3,(H,33,35). The molecule has 0 amide bonds. The summed E-state index contributed by atoms with van der Waals surface area (Å²) in [5, 5.41) is 19.1. The predicted octanol–water partition coefficient (Wildman–Crippen LogP) is 6.37. The summed E-state index contributed by atoms with van der Waals surface area (Å²) in [6.07, 6.45) is 2.86. The number of esters is 1. The number of aromatic amines is 1. The first-order chi connectivity index (χ1) is 19.4. The monoisotopic (exact) mass is 549 g/mol. The molecule has 8 nitrogen and oxygen atoms in total. The lowest BCUT2D eigenvalue weighted by Crippen LogP contribution is -2.16. The van der Waals surface area contributed by atoms with Crippen molar-refractivity contribution in [3.63, 3.8) is 0 Å². The quantitative estimate of drug-likeness (QED) is 0.245. The van der Waals surface area contributed by atoms with Gasteiger partial charge in [0, 0.05) is 35.5 Å². The zero-order valence-corrected chi connectivity index (χ0v) is 21.1. The van der Waals surface area contributed by atoms with E-state index < -0.39 is 29.2 Å². The van der Waals surface area contributed by atoms with Crippen LogP contribution in [0.4, 0.5) is 13.2 Å². The molecule has 0 atom stereocenters. The molecule has 5 aromatic rings. The highest BCUT2D eigenvalue weighted by atomic mass is 19.2. The van der Waals surface area contributed by atoms with Crippen molar-refractivity contribution in [1.29, 1.82) is 0 Å². The Bertz CT molecular complexity index is 1780.